The number of aromatic nitrogens is 1. The maximum Gasteiger partial charge on any atom is 0.433 e. The summed E-state index contributed by atoms with van der Waals surface area (Å²) in [6, 6.07) is 0.703. The van der Waals surface area contributed by atoms with Crippen LogP contribution in [-0.2, 0) is 16.2 Å². The molecule has 0 atom stereocenters. The third-order valence-electron chi connectivity index (χ3n) is 1.92. The van der Waals surface area contributed by atoms with Crippen LogP contribution in [0, 0.1) is 0 Å². The predicted octanol–water partition coefficient (Wildman–Crippen LogP) is 3.17. The van der Waals surface area contributed by atoms with Gasteiger partial charge < -0.3 is 4.74 Å². The molecule has 0 aliphatic carbocycles. The Bertz CT molecular complexity index is 421. The number of hydrogen-bond donors (Lipinski definition) is 0. The Balaban J connectivity index is 3.20. The maximum absolute atomic E-state index is 12.4. The molecule has 0 aliphatic rings. The molecule has 1 aromatic heterocycles. The molecule has 0 amide bonds. The minimum atomic E-state index is -4.58. The van der Waals surface area contributed by atoms with E-state index in [2.05, 4.69) is 25.7 Å². The lowest BCUT2D eigenvalue weighted by Gasteiger charge is -2.10. The van der Waals surface area contributed by atoms with Crippen molar-refractivity contribution in [2.75, 3.05) is 6.61 Å². The Morgan fingerprint density at radius 2 is 2.18 bits per heavy atom. The summed E-state index contributed by atoms with van der Waals surface area (Å²) in [7, 11) is 0. The molecule has 0 bridgehead atoms. The van der Waals surface area contributed by atoms with Gasteiger partial charge in [-0.15, -0.1) is 0 Å². The second-order valence-corrected chi connectivity index (χ2v) is 3.64. The first-order valence-corrected chi connectivity index (χ1v) is 5.81. The Kier molecular flexibility index (Phi) is 4.50. The average Bonchev–Trinajstić information content (AvgIpc) is 2.27. The van der Waals surface area contributed by atoms with Crippen molar-refractivity contribution < 1.29 is 22.7 Å². The van der Waals surface area contributed by atoms with Gasteiger partial charge in [0, 0.05) is 11.5 Å². The monoisotopic (exact) mass is 311 g/mol. The third kappa shape index (κ3) is 3.42. The fourth-order valence-corrected chi connectivity index (χ4v) is 1.59. The molecule has 0 saturated heterocycles. The Morgan fingerprint density at radius 3 is 2.65 bits per heavy atom. The molecular formula is C10H9BrF3NO2. The third-order valence-corrected chi connectivity index (χ3v) is 2.52. The molecule has 0 radical (unpaired) electrons. The number of ether oxygens (including phenoxy) is 1. The van der Waals surface area contributed by atoms with Crippen LogP contribution < -0.4 is 0 Å². The van der Waals surface area contributed by atoms with Crippen LogP contribution in [0.2, 0.25) is 0 Å². The van der Waals surface area contributed by atoms with Crippen molar-refractivity contribution in [3.05, 3.63) is 29.1 Å². The molecule has 0 N–H and O–H groups in total. The van der Waals surface area contributed by atoms with Crippen molar-refractivity contribution in [1.82, 2.24) is 4.98 Å². The highest BCUT2D eigenvalue weighted by Gasteiger charge is 2.33. The van der Waals surface area contributed by atoms with Crippen molar-refractivity contribution in [1.29, 1.82) is 0 Å². The van der Waals surface area contributed by atoms with Gasteiger partial charge in [0.05, 0.1) is 12.2 Å². The number of rotatable bonds is 3. The molecule has 1 rings (SSSR count). The summed E-state index contributed by atoms with van der Waals surface area (Å²) in [6.45, 7) is 1.68. The number of pyridine rings is 1. The Hall–Kier alpha value is -1.11. The number of esters is 1. The number of carbonyl (C=O) groups is 1. The van der Waals surface area contributed by atoms with Gasteiger partial charge in [-0.25, -0.2) is 4.79 Å². The summed E-state index contributed by atoms with van der Waals surface area (Å²) in [5.41, 5.74) is -0.868. The summed E-state index contributed by atoms with van der Waals surface area (Å²) in [6.07, 6.45) is -3.56. The van der Waals surface area contributed by atoms with Crippen LogP contribution >= 0.6 is 15.9 Å². The van der Waals surface area contributed by atoms with Gasteiger partial charge >= 0.3 is 12.1 Å². The topological polar surface area (TPSA) is 39.2 Å². The molecular weight excluding hydrogens is 303 g/mol. The van der Waals surface area contributed by atoms with Gasteiger partial charge in [-0.1, -0.05) is 15.9 Å². The van der Waals surface area contributed by atoms with Crippen LogP contribution in [0.25, 0.3) is 0 Å². The van der Waals surface area contributed by atoms with E-state index in [-0.39, 0.29) is 17.5 Å². The second kappa shape index (κ2) is 5.48. The molecule has 0 aromatic carbocycles. The van der Waals surface area contributed by atoms with E-state index in [1.165, 1.54) is 0 Å². The lowest BCUT2D eigenvalue weighted by molar-refractivity contribution is -0.141. The van der Waals surface area contributed by atoms with E-state index >= 15 is 0 Å². The molecule has 17 heavy (non-hydrogen) atoms. The zero-order chi connectivity index (χ0) is 13.1. The van der Waals surface area contributed by atoms with E-state index in [0.29, 0.717) is 11.6 Å². The van der Waals surface area contributed by atoms with E-state index in [9.17, 15) is 18.0 Å². The number of carbonyl (C=O) groups excluding carboxylic acids is 1. The lowest BCUT2D eigenvalue weighted by atomic mass is 10.1. The number of nitrogens with zero attached hydrogens (tertiary/aromatic N) is 1. The van der Waals surface area contributed by atoms with E-state index < -0.39 is 17.8 Å². The highest BCUT2D eigenvalue weighted by molar-refractivity contribution is 9.08. The number of halogens is 4. The molecule has 0 fully saturated rings. The van der Waals surface area contributed by atoms with Crippen molar-refractivity contribution >= 4 is 21.9 Å². The van der Waals surface area contributed by atoms with Gasteiger partial charge in [0.25, 0.3) is 0 Å². The first kappa shape index (κ1) is 14.0. The van der Waals surface area contributed by atoms with E-state index in [1.54, 1.807) is 6.92 Å². The van der Waals surface area contributed by atoms with Crippen molar-refractivity contribution in [2.45, 2.75) is 18.4 Å². The molecule has 7 heteroatoms. The molecule has 3 nitrogen and oxygen atoms in total. The molecule has 94 valence electrons. The van der Waals surface area contributed by atoms with E-state index in [1.807, 2.05) is 0 Å². The van der Waals surface area contributed by atoms with Crippen molar-refractivity contribution in [2.24, 2.45) is 0 Å². The number of alkyl halides is 4. The zero-order valence-corrected chi connectivity index (χ0v) is 10.4. The van der Waals surface area contributed by atoms with Gasteiger partial charge in [0.1, 0.15) is 5.69 Å². The SMILES string of the molecule is CCOC(=O)c1cc(C(F)(F)F)ncc1CBr. The summed E-state index contributed by atoms with van der Waals surface area (Å²) >= 11 is 3.07. The fourth-order valence-electron chi connectivity index (χ4n) is 1.14. The molecule has 1 aromatic rings. The summed E-state index contributed by atoms with van der Waals surface area (Å²) in [4.78, 5) is 14.7. The van der Waals surface area contributed by atoms with Gasteiger partial charge in [-0.05, 0) is 18.6 Å². The lowest BCUT2D eigenvalue weighted by Crippen LogP contribution is -2.13. The summed E-state index contributed by atoms with van der Waals surface area (Å²) in [5.74, 6) is -0.783. The van der Waals surface area contributed by atoms with Crippen molar-refractivity contribution in [3.8, 4) is 0 Å². The van der Waals surface area contributed by atoms with Gasteiger partial charge in [0.15, 0.2) is 0 Å². The van der Waals surface area contributed by atoms with Gasteiger partial charge in [-0.2, -0.15) is 13.2 Å². The molecule has 1 heterocycles. The first-order valence-electron chi connectivity index (χ1n) is 4.69. The molecule has 0 spiro atoms. The van der Waals surface area contributed by atoms with Crippen LogP contribution in [0.1, 0.15) is 28.5 Å². The normalized spacial score (nSPS) is 11.4. The Morgan fingerprint density at radius 1 is 1.53 bits per heavy atom. The predicted molar refractivity (Wildman–Crippen MR) is 57.8 cm³/mol. The average molecular weight is 312 g/mol. The quantitative estimate of drug-likeness (QED) is 0.636. The molecule has 0 aliphatic heterocycles. The van der Waals surface area contributed by atoms with Crippen molar-refractivity contribution in [3.63, 3.8) is 0 Å². The van der Waals surface area contributed by atoms with Gasteiger partial charge in [0.2, 0.25) is 0 Å². The second-order valence-electron chi connectivity index (χ2n) is 3.08. The number of hydrogen-bond acceptors (Lipinski definition) is 3. The standard InChI is InChI=1S/C10H9BrF3NO2/c1-2-17-9(16)7-3-8(10(12,13)14)15-5-6(7)4-11/h3,5H,2,4H2,1H3. The van der Waals surface area contributed by atoms with Crippen LogP contribution in [0.5, 0.6) is 0 Å². The first-order chi connectivity index (χ1) is 7.90. The van der Waals surface area contributed by atoms with Gasteiger partial charge in [-0.3, -0.25) is 4.98 Å². The minimum Gasteiger partial charge on any atom is -0.462 e. The Labute approximate surface area is 104 Å². The molecule has 0 saturated carbocycles. The minimum absolute atomic E-state index is 0.101. The van der Waals surface area contributed by atoms with E-state index in [4.69, 9.17) is 0 Å². The smallest absolute Gasteiger partial charge is 0.433 e. The summed E-state index contributed by atoms with van der Waals surface area (Å²) in [5, 5.41) is 0.228. The zero-order valence-electron chi connectivity index (χ0n) is 8.84. The molecule has 0 unspecified atom stereocenters. The van der Waals surface area contributed by atoms with E-state index in [0.717, 1.165) is 6.20 Å². The fraction of sp³-hybridized carbons (Fsp3) is 0.400. The highest BCUT2D eigenvalue weighted by Crippen LogP contribution is 2.29. The van der Waals surface area contributed by atoms with Crippen LogP contribution in [0.4, 0.5) is 13.2 Å². The summed E-state index contributed by atoms with van der Waals surface area (Å²) < 4.78 is 42.0. The highest BCUT2D eigenvalue weighted by atomic mass is 79.9. The largest absolute Gasteiger partial charge is 0.462 e. The van der Waals surface area contributed by atoms with Crippen LogP contribution in [0.3, 0.4) is 0 Å². The maximum atomic E-state index is 12.4. The van der Waals surface area contributed by atoms with Crippen LogP contribution in [0.15, 0.2) is 12.3 Å². The van der Waals surface area contributed by atoms with Crippen LogP contribution in [-0.4, -0.2) is 17.6 Å².